The van der Waals surface area contributed by atoms with Gasteiger partial charge in [0.25, 0.3) is 0 Å². The molecule has 2 rings (SSSR count). The van der Waals surface area contributed by atoms with Crippen molar-refractivity contribution in [2.45, 2.75) is 20.4 Å². The quantitative estimate of drug-likeness (QED) is 0.749. The molecule has 0 unspecified atom stereocenters. The molecule has 0 saturated carbocycles. The highest BCUT2D eigenvalue weighted by atomic mass is 28.4. The molecule has 2 aromatic rings. The topological polar surface area (TPSA) is 18.5 Å². The van der Waals surface area contributed by atoms with Gasteiger partial charge < -0.3 is 8.85 Å². The molecule has 0 aliphatic heterocycles. The summed E-state index contributed by atoms with van der Waals surface area (Å²) in [5.41, 5.74) is 1.08. The first kappa shape index (κ1) is 16.8. The Morgan fingerprint density at radius 3 is 2.00 bits per heavy atom. The molecule has 0 radical (unpaired) electrons. The normalized spacial score (nSPS) is 11.7. The minimum absolute atomic E-state index is 0.379. The zero-order chi connectivity index (χ0) is 16.2. The summed E-state index contributed by atoms with van der Waals surface area (Å²) in [6.07, 6.45) is 0. The van der Waals surface area contributed by atoms with E-state index in [9.17, 15) is 8.78 Å². The van der Waals surface area contributed by atoms with Crippen molar-refractivity contribution in [1.82, 2.24) is 0 Å². The summed E-state index contributed by atoms with van der Waals surface area (Å²) in [5, 5.41) is 0.988. The zero-order valence-corrected chi connectivity index (χ0v) is 14.0. The van der Waals surface area contributed by atoms with Crippen LogP contribution in [0.1, 0.15) is 13.8 Å². The minimum atomic E-state index is -2.43. The van der Waals surface area contributed by atoms with Gasteiger partial charge in [0.1, 0.15) is 11.6 Å². The molecule has 2 nitrogen and oxygen atoms in total. The maximum Gasteiger partial charge on any atom is 0.369 e. The van der Waals surface area contributed by atoms with Crippen LogP contribution in [0.2, 0.25) is 6.55 Å². The molecule has 0 amide bonds. The predicted octanol–water partition coefficient (Wildman–Crippen LogP) is 3.98. The zero-order valence-electron chi connectivity index (χ0n) is 13.0. The Balaban J connectivity index is 2.33. The van der Waals surface area contributed by atoms with E-state index in [-0.39, 0.29) is 0 Å². The number of rotatable bonds is 6. The monoisotopic (exact) mass is 322 g/mol. The molecule has 0 N–H and O–H groups in total. The Hall–Kier alpha value is -1.56. The van der Waals surface area contributed by atoms with Gasteiger partial charge in [0.15, 0.2) is 0 Å². The standard InChI is InChI=1S/C17H20F2O2Si/c1-4-20-22(3,21-5-2)15-9-6-13(7-10-15)16-11-8-14(18)12-17(16)19/h6-12H,4-5H2,1-3H3. The third-order valence-corrected chi connectivity index (χ3v) is 6.55. The van der Waals surface area contributed by atoms with Crippen molar-refractivity contribution in [2.75, 3.05) is 13.2 Å². The first-order valence-electron chi connectivity index (χ1n) is 7.34. The molecule has 0 fully saturated rings. The summed E-state index contributed by atoms with van der Waals surface area (Å²) in [6.45, 7) is 7.03. The van der Waals surface area contributed by atoms with Gasteiger partial charge in [-0.15, -0.1) is 0 Å². The van der Waals surface area contributed by atoms with E-state index in [1.807, 2.05) is 44.7 Å². The van der Waals surface area contributed by atoms with Crippen LogP contribution in [0.5, 0.6) is 0 Å². The Bertz CT molecular complexity index is 623. The summed E-state index contributed by atoms with van der Waals surface area (Å²) < 4.78 is 38.5. The molecule has 0 heterocycles. The van der Waals surface area contributed by atoms with Gasteiger partial charge in [-0.3, -0.25) is 0 Å². The van der Waals surface area contributed by atoms with E-state index in [2.05, 4.69) is 0 Å². The Morgan fingerprint density at radius 2 is 1.50 bits per heavy atom. The van der Waals surface area contributed by atoms with Crippen molar-refractivity contribution >= 4 is 13.7 Å². The lowest BCUT2D eigenvalue weighted by atomic mass is 10.1. The Kier molecular flexibility index (Phi) is 5.45. The lowest BCUT2D eigenvalue weighted by molar-refractivity contribution is 0.202. The average molecular weight is 322 g/mol. The van der Waals surface area contributed by atoms with Gasteiger partial charge in [-0.25, -0.2) is 8.78 Å². The largest absolute Gasteiger partial charge is 0.391 e. The summed E-state index contributed by atoms with van der Waals surface area (Å²) in [5.74, 6) is -1.15. The smallest absolute Gasteiger partial charge is 0.369 e. The maximum atomic E-state index is 13.8. The van der Waals surface area contributed by atoms with Crippen LogP contribution in [0, 0.1) is 11.6 Å². The summed E-state index contributed by atoms with van der Waals surface area (Å²) in [4.78, 5) is 0. The molecule has 0 aliphatic rings. The molecule has 0 atom stereocenters. The lowest BCUT2D eigenvalue weighted by Gasteiger charge is -2.26. The van der Waals surface area contributed by atoms with Gasteiger partial charge in [-0.1, -0.05) is 24.3 Å². The van der Waals surface area contributed by atoms with Crippen LogP contribution < -0.4 is 5.19 Å². The molecule has 5 heteroatoms. The number of hydrogen-bond acceptors (Lipinski definition) is 2. The number of hydrogen-bond donors (Lipinski definition) is 0. The molecule has 2 aromatic carbocycles. The van der Waals surface area contributed by atoms with Crippen molar-refractivity contribution in [2.24, 2.45) is 0 Å². The van der Waals surface area contributed by atoms with E-state index in [0.29, 0.717) is 24.3 Å². The number of benzene rings is 2. The second-order valence-electron chi connectivity index (χ2n) is 5.01. The van der Waals surface area contributed by atoms with Crippen molar-refractivity contribution in [3.8, 4) is 11.1 Å². The van der Waals surface area contributed by atoms with E-state index < -0.39 is 20.2 Å². The third kappa shape index (κ3) is 3.60. The van der Waals surface area contributed by atoms with Crippen LogP contribution in [0.15, 0.2) is 42.5 Å². The molecular weight excluding hydrogens is 302 g/mol. The van der Waals surface area contributed by atoms with E-state index in [1.165, 1.54) is 12.1 Å². The molecule has 0 spiro atoms. The third-order valence-electron chi connectivity index (χ3n) is 3.49. The van der Waals surface area contributed by atoms with E-state index in [1.54, 1.807) is 0 Å². The molecule has 0 aliphatic carbocycles. The van der Waals surface area contributed by atoms with Gasteiger partial charge >= 0.3 is 8.56 Å². The minimum Gasteiger partial charge on any atom is -0.391 e. The molecule has 22 heavy (non-hydrogen) atoms. The lowest BCUT2D eigenvalue weighted by Crippen LogP contribution is -2.51. The van der Waals surface area contributed by atoms with Crippen molar-refractivity contribution < 1.29 is 17.6 Å². The fourth-order valence-electron chi connectivity index (χ4n) is 2.44. The van der Waals surface area contributed by atoms with Crippen LogP contribution in [-0.4, -0.2) is 21.8 Å². The van der Waals surface area contributed by atoms with E-state index >= 15 is 0 Å². The molecule has 0 bridgehead atoms. The summed E-state index contributed by atoms with van der Waals surface area (Å²) in [6, 6.07) is 11.0. The van der Waals surface area contributed by atoms with Gasteiger partial charge in [-0.05, 0) is 43.3 Å². The Morgan fingerprint density at radius 1 is 0.909 bits per heavy atom. The van der Waals surface area contributed by atoms with Crippen LogP contribution in [0.3, 0.4) is 0 Å². The average Bonchev–Trinajstić information content (AvgIpc) is 2.48. The summed E-state index contributed by atoms with van der Waals surface area (Å²) in [7, 11) is -2.43. The molecule has 0 aromatic heterocycles. The highest BCUT2D eigenvalue weighted by Gasteiger charge is 2.33. The second-order valence-corrected chi connectivity index (χ2v) is 8.06. The molecular formula is C17H20F2O2Si. The van der Waals surface area contributed by atoms with Crippen molar-refractivity contribution in [3.05, 3.63) is 54.1 Å². The first-order chi connectivity index (χ1) is 10.5. The fraction of sp³-hybridized carbons (Fsp3) is 0.294. The van der Waals surface area contributed by atoms with Gasteiger partial charge in [0.05, 0.1) is 0 Å². The van der Waals surface area contributed by atoms with Gasteiger partial charge in [-0.2, -0.15) is 0 Å². The van der Waals surface area contributed by atoms with Crippen molar-refractivity contribution in [3.63, 3.8) is 0 Å². The highest BCUT2D eigenvalue weighted by molar-refractivity contribution is 6.79. The molecule has 0 saturated heterocycles. The molecule has 118 valence electrons. The highest BCUT2D eigenvalue weighted by Crippen LogP contribution is 2.23. The van der Waals surface area contributed by atoms with Crippen molar-refractivity contribution in [1.29, 1.82) is 0 Å². The van der Waals surface area contributed by atoms with Crippen LogP contribution in [0.4, 0.5) is 8.78 Å². The predicted molar refractivity (Wildman–Crippen MR) is 86.3 cm³/mol. The van der Waals surface area contributed by atoms with E-state index in [4.69, 9.17) is 8.85 Å². The van der Waals surface area contributed by atoms with E-state index in [0.717, 1.165) is 11.3 Å². The first-order valence-corrected chi connectivity index (χ1v) is 9.65. The van der Waals surface area contributed by atoms with Crippen LogP contribution >= 0.6 is 0 Å². The number of halogens is 2. The second kappa shape index (κ2) is 7.13. The maximum absolute atomic E-state index is 13.8. The summed E-state index contributed by atoms with van der Waals surface area (Å²) >= 11 is 0. The Labute approximate surface area is 130 Å². The SMILES string of the molecule is CCO[Si](C)(OCC)c1ccc(-c2ccc(F)cc2F)cc1. The van der Waals surface area contributed by atoms with Gasteiger partial charge in [0.2, 0.25) is 0 Å². The fourth-order valence-corrected chi connectivity index (χ4v) is 4.73. The van der Waals surface area contributed by atoms with Crippen LogP contribution in [-0.2, 0) is 8.85 Å². The van der Waals surface area contributed by atoms with Gasteiger partial charge in [0, 0.05) is 24.8 Å². The van der Waals surface area contributed by atoms with Crippen LogP contribution in [0.25, 0.3) is 11.1 Å².